The molecule has 5 heterocycles. The Balaban J connectivity index is 1.20. The van der Waals surface area contributed by atoms with E-state index in [1.165, 1.54) is 6.33 Å². The van der Waals surface area contributed by atoms with Crippen LogP contribution < -0.4 is 5.32 Å². The molecule has 1 aliphatic heterocycles. The van der Waals surface area contributed by atoms with Gasteiger partial charge in [0.05, 0.1) is 15.2 Å². The van der Waals surface area contributed by atoms with Gasteiger partial charge in [-0.25, -0.2) is 27.8 Å². The first-order valence-electron chi connectivity index (χ1n) is 13.0. The Kier molecular flexibility index (Phi) is 6.77. The Morgan fingerprint density at radius 1 is 1.21 bits per heavy atom. The standard InChI is InChI=1S/C26H29BF2N8S2/c1-16(26(27,38)39)35-13-25(14-35)9-6-18(7-10-25)32-24-33-20(3-4-21(28)29)23-19(8-11-36(23)34-24)17-2-5-22-30-15-31-37(22)12-17/h2,5,8,11-12,15,18,21,38-39H,1,3-4,6-7,9-10,13-14H2,(H,32,34). The molecule has 0 aromatic carbocycles. The van der Waals surface area contributed by atoms with Gasteiger partial charge >= 0.3 is 0 Å². The number of hydrogen-bond acceptors (Lipinski definition) is 8. The zero-order chi connectivity index (χ0) is 27.4. The Morgan fingerprint density at radius 3 is 2.69 bits per heavy atom. The van der Waals surface area contributed by atoms with E-state index in [0.29, 0.717) is 11.6 Å². The second-order valence-corrected chi connectivity index (χ2v) is 12.5. The molecule has 1 spiro atoms. The molecule has 1 saturated carbocycles. The van der Waals surface area contributed by atoms with E-state index in [0.717, 1.165) is 66.8 Å². The lowest BCUT2D eigenvalue weighted by Crippen LogP contribution is -2.59. The van der Waals surface area contributed by atoms with Crippen molar-refractivity contribution in [3.63, 3.8) is 0 Å². The molecule has 39 heavy (non-hydrogen) atoms. The molecule has 1 N–H and O–H groups in total. The highest BCUT2D eigenvalue weighted by Gasteiger charge is 2.46. The fourth-order valence-electron chi connectivity index (χ4n) is 5.85. The van der Waals surface area contributed by atoms with Gasteiger partial charge in [-0.1, -0.05) is 6.58 Å². The smallest absolute Gasteiger partial charge is 0.241 e. The SMILES string of the molecule is [B]C(S)(S)C(=C)N1CC2(CCC(Nc3nc(CCC(F)F)c4c(-c5ccc6ncnn6c5)ccn4n3)CC2)C1. The maximum atomic E-state index is 13.2. The number of pyridine rings is 1. The number of hydrogen-bond donors (Lipinski definition) is 3. The largest absolute Gasteiger partial charge is 0.373 e. The summed E-state index contributed by atoms with van der Waals surface area (Å²) in [6, 6.07) is 5.96. The third-order valence-corrected chi connectivity index (χ3v) is 8.52. The molecule has 1 aliphatic carbocycles. The number of alkyl halides is 2. The van der Waals surface area contributed by atoms with Crippen LogP contribution in [0.4, 0.5) is 14.7 Å². The number of nitrogens with zero attached hydrogens (tertiary/aromatic N) is 7. The molecule has 2 radical (unpaired) electrons. The first-order valence-corrected chi connectivity index (χ1v) is 13.9. The third-order valence-electron chi connectivity index (χ3n) is 8.01. The number of likely N-dealkylation sites (tertiary alicyclic amines) is 1. The molecule has 4 aromatic heterocycles. The van der Waals surface area contributed by atoms with Crippen molar-refractivity contribution in [2.24, 2.45) is 5.41 Å². The molecule has 202 valence electrons. The van der Waals surface area contributed by atoms with Crippen LogP contribution in [0.3, 0.4) is 0 Å². The number of halogens is 2. The van der Waals surface area contributed by atoms with Gasteiger partial charge in [-0.2, -0.15) is 30.4 Å². The number of nitrogens with one attached hydrogen (secondary N) is 1. The van der Waals surface area contributed by atoms with E-state index in [-0.39, 0.29) is 24.3 Å². The van der Waals surface area contributed by atoms with Crippen LogP contribution in [0.1, 0.15) is 37.8 Å². The van der Waals surface area contributed by atoms with E-state index in [4.69, 9.17) is 17.9 Å². The zero-order valence-corrected chi connectivity index (χ0v) is 23.1. The second kappa shape index (κ2) is 9.99. The van der Waals surface area contributed by atoms with Gasteiger partial charge in [-0.05, 0) is 50.3 Å². The highest BCUT2D eigenvalue weighted by Crippen LogP contribution is 2.47. The summed E-state index contributed by atoms with van der Waals surface area (Å²) in [5.74, 6) is 0.461. The first-order chi connectivity index (χ1) is 18.6. The highest BCUT2D eigenvalue weighted by molar-refractivity contribution is 8.03. The van der Waals surface area contributed by atoms with Crippen molar-refractivity contribution in [3.8, 4) is 11.1 Å². The summed E-state index contributed by atoms with van der Waals surface area (Å²) in [5, 5.41) is 12.4. The van der Waals surface area contributed by atoms with Crippen molar-refractivity contribution >= 4 is 50.2 Å². The van der Waals surface area contributed by atoms with Gasteiger partial charge in [0, 0.05) is 60.2 Å². The minimum absolute atomic E-state index is 0.146. The Morgan fingerprint density at radius 2 is 1.97 bits per heavy atom. The maximum absolute atomic E-state index is 13.2. The van der Waals surface area contributed by atoms with E-state index in [9.17, 15) is 8.78 Å². The van der Waals surface area contributed by atoms with E-state index in [1.54, 1.807) is 9.03 Å². The summed E-state index contributed by atoms with van der Waals surface area (Å²) in [6.45, 7) is 5.87. The predicted molar refractivity (Wildman–Crippen MR) is 155 cm³/mol. The predicted octanol–water partition coefficient (Wildman–Crippen LogP) is 4.49. The van der Waals surface area contributed by atoms with Gasteiger partial charge in [0.2, 0.25) is 12.4 Å². The number of anilines is 1. The van der Waals surface area contributed by atoms with Crippen LogP contribution >= 0.6 is 25.3 Å². The van der Waals surface area contributed by atoms with Crippen LogP contribution in [0.25, 0.3) is 22.3 Å². The molecule has 0 unspecified atom stereocenters. The second-order valence-electron chi connectivity index (χ2n) is 10.8. The Hall–Kier alpha value is -2.80. The normalized spacial score (nSPS) is 17.8. The number of fused-ring (bicyclic) bond motifs is 2. The third kappa shape index (κ3) is 5.22. The van der Waals surface area contributed by atoms with Crippen LogP contribution in [0.2, 0.25) is 0 Å². The van der Waals surface area contributed by atoms with Crippen molar-refractivity contribution < 1.29 is 8.78 Å². The molecule has 13 heteroatoms. The monoisotopic (exact) mass is 566 g/mol. The summed E-state index contributed by atoms with van der Waals surface area (Å²) in [7, 11) is 5.97. The summed E-state index contributed by atoms with van der Waals surface area (Å²) in [4.78, 5) is 11.1. The van der Waals surface area contributed by atoms with Crippen molar-refractivity contribution in [1.82, 2.24) is 34.1 Å². The van der Waals surface area contributed by atoms with Crippen molar-refractivity contribution in [2.75, 3.05) is 18.4 Å². The van der Waals surface area contributed by atoms with Crippen molar-refractivity contribution in [3.05, 3.63) is 54.9 Å². The highest BCUT2D eigenvalue weighted by atomic mass is 32.2. The lowest BCUT2D eigenvalue weighted by Gasteiger charge is -2.56. The fraction of sp³-hybridized carbons (Fsp3) is 0.462. The summed E-state index contributed by atoms with van der Waals surface area (Å²) < 4.78 is 28.9. The van der Waals surface area contributed by atoms with E-state index in [2.05, 4.69) is 52.1 Å². The van der Waals surface area contributed by atoms with Crippen LogP contribution in [0.15, 0.2) is 49.2 Å². The van der Waals surface area contributed by atoms with Crippen LogP contribution in [0.5, 0.6) is 0 Å². The van der Waals surface area contributed by atoms with Gasteiger partial charge in [0.15, 0.2) is 5.65 Å². The van der Waals surface area contributed by atoms with Gasteiger partial charge in [0.25, 0.3) is 0 Å². The molecule has 0 amide bonds. The molecule has 0 bridgehead atoms. The van der Waals surface area contributed by atoms with Gasteiger partial charge < -0.3 is 10.2 Å². The molecular weight excluding hydrogens is 537 g/mol. The molecule has 2 aliphatic rings. The summed E-state index contributed by atoms with van der Waals surface area (Å²) in [5.41, 5.74) is 4.77. The average Bonchev–Trinajstić information content (AvgIpc) is 3.52. The molecule has 6 rings (SSSR count). The first kappa shape index (κ1) is 26.4. The Labute approximate surface area is 237 Å². The lowest BCUT2D eigenvalue weighted by atomic mass is 9.67. The lowest BCUT2D eigenvalue weighted by molar-refractivity contribution is -0.00653. The van der Waals surface area contributed by atoms with Crippen LogP contribution in [-0.4, -0.2) is 71.5 Å². The molecule has 1 saturated heterocycles. The van der Waals surface area contributed by atoms with Gasteiger partial charge in [0.1, 0.15) is 14.2 Å². The van der Waals surface area contributed by atoms with E-state index in [1.807, 2.05) is 30.6 Å². The molecular formula is C26H29BF2N8S2. The van der Waals surface area contributed by atoms with E-state index >= 15 is 0 Å². The van der Waals surface area contributed by atoms with Crippen LogP contribution in [0, 0.1) is 5.41 Å². The van der Waals surface area contributed by atoms with Crippen molar-refractivity contribution in [2.45, 2.75) is 55.0 Å². The topological polar surface area (TPSA) is 75.6 Å². The summed E-state index contributed by atoms with van der Waals surface area (Å²) in [6.07, 6.45) is 6.74. The number of thiol groups is 2. The maximum Gasteiger partial charge on any atom is 0.241 e. The van der Waals surface area contributed by atoms with Crippen molar-refractivity contribution in [1.29, 1.82) is 0 Å². The number of rotatable bonds is 8. The van der Waals surface area contributed by atoms with E-state index < -0.39 is 10.4 Å². The average molecular weight is 567 g/mol. The minimum atomic E-state index is -2.41. The zero-order valence-electron chi connectivity index (χ0n) is 21.3. The molecule has 0 atom stereocenters. The molecule has 8 nitrogen and oxygen atoms in total. The van der Waals surface area contributed by atoms with Gasteiger partial charge in [-0.15, -0.1) is 5.10 Å². The number of aryl methyl sites for hydroxylation is 1. The quantitative estimate of drug-likeness (QED) is 0.166. The summed E-state index contributed by atoms with van der Waals surface area (Å²) >= 11 is 8.64. The minimum Gasteiger partial charge on any atom is -0.373 e. The van der Waals surface area contributed by atoms with Crippen LogP contribution in [-0.2, 0) is 6.42 Å². The Bertz CT molecular complexity index is 1520. The molecule has 2 fully saturated rings. The fourth-order valence-corrected chi connectivity index (χ4v) is 6.13. The number of aromatic nitrogens is 6. The van der Waals surface area contributed by atoms with Gasteiger partial charge in [-0.3, -0.25) is 0 Å². The molecule has 4 aromatic rings.